The maximum Gasteiger partial charge on any atom is 0.330 e. The summed E-state index contributed by atoms with van der Waals surface area (Å²) in [7, 11) is 0. The molecule has 0 saturated heterocycles. The maximum atomic E-state index is 10.6. The molecule has 0 saturated carbocycles. The highest BCUT2D eigenvalue weighted by molar-refractivity contribution is 5.85. The van der Waals surface area contributed by atoms with Crippen LogP contribution in [0.25, 0.3) is 0 Å². The first-order chi connectivity index (χ1) is 14.0. The van der Waals surface area contributed by atoms with Crippen LogP contribution >= 0.6 is 0 Å². The van der Waals surface area contributed by atoms with E-state index in [1.165, 1.54) is 96.3 Å². The van der Waals surface area contributed by atoms with Gasteiger partial charge in [0.25, 0.3) is 0 Å². The van der Waals surface area contributed by atoms with E-state index in [0.717, 1.165) is 18.9 Å². The summed E-state index contributed by atoms with van der Waals surface area (Å²) < 4.78 is 0. The molecule has 0 bridgehead atoms. The van der Waals surface area contributed by atoms with Gasteiger partial charge < -0.3 is 10.2 Å². The predicted molar refractivity (Wildman–Crippen MR) is 123 cm³/mol. The zero-order valence-electron chi connectivity index (χ0n) is 19.1. The summed E-state index contributed by atoms with van der Waals surface area (Å²) in [6, 6.07) is 0. The highest BCUT2D eigenvalue weighted by Crippen LogP contribution is 2.14. The molecular formula is C25H46O4. The van der Waals surface area contributed by atoms with Crippen molar-refractivity contribution in [3.63, 3.8) is 0 Å². The van der Waals surface area contributed by atoms with Gasteiger partial charge in [0.2, 0.25) is 0 Å². The molecule has 170 valence electrons. The molecule has 0 fully saturated rings. The molecular weight excluding hydrogens is 364 g/mol. The number of hydrogen-bond donors (Lipinski definition) is 2. The fourth-order valence-corrected chi connectivity index (χ4v) is 3.10. The highest BCUT2D eigenvalue weighted by atomic mass is 16.4. The molecule has 0 radical (unpaired) electrons. The van der Waals surface area contributed by atoms with Gasteiger partial charge in [-0.1, -0.05) is 116 Å². The summed E-state index contributed by atoms with van der Waals surface area (Å²) in [5.41, 5.74) is 0.482. The van der Waals surface area contributed by atoms with Gasteiger partial charge in [-0.05, 0) is 19.8 Å². The molecule has 0 aromatic rings. The van der Waals surface area contributed by atoms with Crippen molar-refractivity contribution in [2.45, 2.75) is 123 Å². The Morgan fingerprint density at radius 2 is 1.00 bits per heavy atom. The monoisotopic (exact) mass is 410 g/mol. The van der Waals surface area contributed by atoms with Crippen molar-refractivity contribution in [1.29, 1.82) is 0 Å². The second-order valence-electron chi connectivity index (χ2n) is 7.83. The summed E-state index contributed by atoms with van der Waals surface area (Å²) in [6.45, 7) is 6.91. The molecule has 4 nitrogen and oxygen atoms in total. The molecule has 0 spiro atoms. The van der Waals surface area contributed by atoms with Gasteiger partial charge in [-0.2, -0.15) is 0 Å². The third-order valence-corrected chi connectivity index (χ3v) is 5.02. The Labute approximate surface area is 179 Å². The molecule has 4 heteroatoms. The number of allylic oxidation sites excluding steroid dienone is 1. The van der Waals surface area contributed by atoms with Crippen molar-refractivity contribution >= 4 is 11.9 Å². The first kappa shape index (κ1) is 29.6. The minimum Gasteiger partial charge on any atom is -0.478 e. The molecule has 0 aromatic carbocycles. The minimum atomic E-state index is -0.981. The van der Waals surface area contributed by atoms with Crippen molar-refractivity contribution in [2.75, 3.05) is 0 Å². The lowest BCUT2D eigenvalue weighted by molar-refractivity contribution is -0.133. The second-order valence-corrected chi connectivity index (χ2v) is 7.83. The summed E-state index contributed by atoms with van der Waals surface area (Å²) >= 11 is 0. The zero-order chi connectivity index (χ0) is 22.2. The van der Waals surface area contributed by atoms with E-state index in [4.69, 9.17) is 10.2 Å². The average Bonchev–Trinajstić information content (AvgIpc) is 2.70. The second kappa shape index (κ2) is 24.5. The molecule has 0 aliphatic rings. The van der Waals surface area contributed by atoms with Crippen LogP contribution in [0, 0.1) is 0 Å². The number of unbranched alkanes of at least 4 members (excludes halogenated alkanes) is 16. The van der Waals surface area contributed by atoms with Gasteiger partial charge in [-0.15, -0.1) is 0 Å². The Balaban J connectivity index is 0. The van der Waals surface area contributed by atoms with E-state index in [-0.39, 0.29) is 0 Å². The largest absolute Gasteiger partial charge is 0.478 e. The molecule has 29 heavy (non-hydrogen) atoms. The van der Waals surface area contributed by atoms with E-state index in [1.807, 2.05) is 6.08 Å². The van der Waals surface area contributed by atoms with Crippen LogP contribution in [-0.4, -0.2) is 22.2 Å². The van der Waals surface area contributed by atoms with E-state index >= 15 is 0 Å². The predicted octanol–water partition coefficient (Wildman–Crippen LogP) is 7.93. The molecule has 0 heterocycles. The molecule has 0 atom stereocenters. The van der Waals surface area contributed by atoms with Crippen molar-refractivity contribution in [3.05, 3.63) is 24.3 Å². The van der Waals surface area contributed by atoms with Crippen molar-refractivity contribution < 1.29 is 19.8 Å². The van der Waals surface area contributed by atoms with Crippen LogP contribution in [0.2, 0.25) is 0 Å². The standard InChI is InChI=1S/C22H42O2.C3H4O2/c1-3-4-5-6-7-8-9-10-11-12-13-14-15-16-17-18-19-20-21(2)22(23)24;1-2-3(4)5/h20H,3-19H2,1-2H3,(H,23,24);2H,1H2,(H,4,5). The van der Waals surface area contributed by atoms with Gasteiger partial charge in [0.15, 0.2) is 0 Å². The molecule has 0 rings (SSSR count). The number of carboxylic acids is 2. The van der Waals surface area contributed by atoms with Crippen LogP contribution in [0.1, 0.15) is 123 Å². The van der Waals surface area contributed by atoms with Crippen LogP contribution < -0.4 is 0 Å². The molecule has 0 aliphatic carbocycles. The summed E-state index contributed by atoms with van der Waals surface area (Å²) in [6.07, 6.45) is 25.6. The first-order valence-electron chi connectivity index (χ1n) is 11.7. The van der Waals surface area contributed by atoms with Gasteiger partial charge >= 0.3 is 11.9 Å². The Bertz CT molecular complexity index is 427. The number of rotatable bonds is 19. The smallest absolute Gasteiger partial charge is 0.330 e. The Hall–Kier alpha value is -1.58. The first-order valence-corrected chi connectivity index (χ1v) is 11.7. The summed E-state index contributed by atoms with van der Waals surface area (Å²) in [5, 5.41) is 16.4. The Kier molecular flexibility index (Phi) is 25.0. The van der Waals surface area contributed by atoms with Gasteiger partial charge in [0.1, 0.15) is 0 Å². The van der Waals surface area contributed by atoms with Crippen molar-refractivity contribution in [2.24, 2.45) is 0 Å². The van der Waals surface area contributed by atoms with Gasteiger partial charge in [0.05, 0.1) is 0 Å². The lowest BCUT2D eigenvalue weighted by atomic mass is 10.0. The molecule has 0 aliphatic heterocycles. The van der Waals surface area contributed by atoms with Crippen LogP contribution in [0.3, 0.4) is 0 Å². The fraction of sp³-hybridized carbons (Fsp3) is 0.760. The van der Waals surface area contributed by atoms with Crippen LogP contribution in [0.4, 0.5) is 0 Å². The fourth-order valence-electron chi connectivity index (χ4n) is 3.10. The summed E-state index contributed by atoms with van der Waals surface area (Å²) in [5.74, 6) is -1.77. The van der Waals surface area contributed by atoms with Gasteiger partial charge in [-0.25, -0.2) is 9.59 Å². The molecule has 0 amide bonds. The topological polar surface area (TPSA) is 74.6 Å². The Morgan fingerprint density at radius 3 is 1.28 bits per heavy atom. The van der Waals surface area contributed by atoms with E-state index in [9.17, 15) is 9.59 Å². The molecule has 0 unspecified atom stereocenters. The van der Waals surface area contributed by atoms with Crippen molar-refractivity contribution in [3.8, 4) is 0 Å². The number of aliphatic carboxylic acids is 2. The summed E-state index contributed by atoms with van der Waals surface area (Å²) in [4.78, 5) is 19.9. The van der Waals surface area contributed by atoms with Crippen molar-refractivity contribution in [1.82, 2.24) is 0 Å². The van der Waals surface area contributed by atoms with Crippen LogP contribution in [-0.2, 0) is 9.59 Å². The van der Waals surface area contributed by atoms with E-state index in [2.05, 4.69) is 13.5 Å². The van der Waals surface area contributed by atoms with E-state index < -0.39 is 11.9 Å². The Morgan fingerprint density at radius 1 is 0.690 bits per heavy atom. The molecule has 0 aromatic heterocycles. The number of carboxylic acid groups (broad SMARTS) is 2. The third kappa shape index (κ3) is 28.7. The number of hydrogen-bond acceptors (Lipinski definition) is 2. The quantitative estimate of drug-likeness (QED) is 0.167. The lowest BCUT2D eigenvalue weighted by Gasteiger charge is -2.03. The molecule has 2 N–H and O–H groups in total. The SMILES string of the molecule is C=CC(=O)O.CCCCCCCCCCCCCCCCCCC=C(C)C(=O)O. The lowest BCUT2D eigenvalue weighted by Crippen LogP contribution is -1.95. The van der Waals surface area contributed by atoms with Crippen LogP contribution in [0.5, 0.6) is 0 Å². The zero-order valence-corrected chi connectivity index (χ0v) is 19.1. The average molecular weight is 411 g/mol. The van der Waals surface area contributed by atoms with Gasteiger partial charge in [-0.3, -0.25) is 0 Å². The van der Waals surface area contributed by atoms with E-state index in [0.29, 0.717) is 5.57 Å². The highest BCUT2D eigenvalue weighted by Gasteiger charge is 1.98. The third-order valence-electron chi connectivity index (χ3n) is 5.02. The van der Waals surface area contributed by atoms with E-state index in [1.54, 1.807) is 6.92 Å². The number of carbonyl (C=O) groups is 2. The maximum absolute atomic E-state index is 10.6. The minimum absolute atomic E-state index is 0.482. The van der Waals surface area contributed by atoms with Gasteiger partial charge in [0, 0.05) is 11.6 Å². The normalized spacial score (nSPS) is 10.9. The van der Waals surface area contributed by atoms with Crippen LogP contribution in [0.15, 0.2) is 24.3 Å².